The third-order valence-electron chi connectivity index (χ3n) is 2.33. The van der Waals surface area contributed by atoms with Gasteiger partial charge in [-0.05, 0) is 6.42 Å². The summed E-state index contributed by atoms with van der Waals surface area (Å²) in [5.41, 5.74) is -1.41. The average Bonchev–Trinajstić information content (AvgIpc) is 2.20. The molecule has 0 aliphatic carbocycles. The molecule has 16 heavy (non-hydrogen) atoms. The van der Waals surface area contributed by atoms with E-state index in [0.717, 1.165) is 25.7 Å². The summed E-state index contributed by atoms with van der Waals surface area (Å²) in [5, 5.41) is 0. The van der Waals surface area contributed by atoms with E-state index in [2.05, 4.69) is 11.7 Å². The van der Waals surface area contributed by atoms with Gasteiger partial charge in [0.2, 0.25) is 5.44 Å². The molecule has 0 heterocycles. The fraction of sp³-hybridized carbons (Fsp3) is 0.900. The minimum Gasteiger partial charge on any atom is -0.446 e. The topological polar surface area (TPSA) is 80.7 Å². The Hall–Kier alpha value is -0.620. The zero-order valence-electron chi connectivity index (χ0n) is 9.59. The first-order valence-electron chi connectivity index (χ1n) is 5.57. The molecule has 0 amide bonds. The molecular formula is C10H20O5S. The molecule has 0 aliphatic heterocycles. The third-order valence-corrected chi connectivity index (χ3v) is 3.34. The molecule has 1 atom stereocenters. The van der Waals surface area contributed by atoms with Crippen LogP contribution in [0.2, 0.25) is 0 Å². The van der Waals surface area contributed by atoms with Gasteiger partial charge in [-0.25, -0.2) is 0 Å². The van der Waals surface area contributed by atoms with E-state index >= 15 is 0 Å². The van der Waals surface area contributed by atoms with Gasteiger partial charge in [0, 0.05) is 6.42 Å². The summed E-state index contributed by atoms with van der Waals surface area (Å²) in [6, 6.07) is 0. The second-order valence-corrected chi connectivity index (χ2v) is 5.29. The van der Waals surface area contributed by atoms with Crippen molar-refractivity contribution in [1.29, 1.82) is 0 Å². The van der Waals surface area contributed by atoms with Crippen molar-refractivity contribution in [3.63, 3.8) is 0 Å². The van der Waals surface area contributed by atoms with E-state index in [1.165, 1.54) is 6.42 Å². The quantitative estimate of drug-likeness (QED) is 0.366. The minimum atomic E-state index is -4.28. The van der Waals surface area contributed by atoms with E-state index in [0.29, 0.717) is 6.42 Å². The van der Waals surface area contributed by atoms with Crippen molar-refractivity contribution < 1.29 is 22.5 Å². The predicted octanol–water partition coefficient (Wildman–Crippen LogP) is 2.12. The van der Waals surface area contributed by atoms with E-state index in [1.54, 1.807) is 0 Å². The van der Waals surface area contributed by atoms with Gasteiger partial charge in [-0.2, -0.15) is 8.42 Å². The summed E-state index contributed by atoms with van der Waals surface area (Å²) in [4.78, 5) is 10.0. The van der Waals surface area contributed by atoms with E-state index in [-0.39, 0.29) is 12.9 Å². The van der Waals surface area contributed by atoms with E-state index in [4.69, 9.17) is 4.55 Å². The smallest absolute Gasteiger partial charge is 0.303 e. The fourth-order valence-corrected chi connectivity index (χ4v) is 2.09. The number of hydrogen-bond acceptors (Lipinski definition) is 4. The number of hydrogen-bond donors (Lipinski definition) is 1. The normalized spacial score (nSPS) is 13.4. The highest BCUT2D eigenvalue weighted by molar-refractivity contribution is 7.86. The number of carbonyl (C=O) groups excluding carboxylic acids is 1. The first-order valence-corrected chi connectivity index (χ1v) is 7.08. The third kappa shape index (κ3) is 7.64. The minimum absolute atomic E-state index is 0.0511. The molecule has 0 saturated carbocycles. The lowest BCUT2D eigenvalue weighted by atomic mass is 10.1. The monoisotopic (exact) mass is 252 g/mol. The van der Waals surface area contributed by atoms with Crippen molar-refractivity contribution in [2.24, 2.45) is 0 Å². The molecule has 0 rings (SSSR count). The van der Waals surface area contributed by atoms with Crippen LogP contribution in [0.5, 0.6) is 0 Å². The van der Waals surface area contributed by atoms with Gasteiger partial charge in [-0.3, -0.25) is 9.35 Å². The molecule has 0 aromatic rings. The average molecular weight is 252 g/mol. The predicted molar refractivity (Wildman–Crippen MR) is 60.5 cm³/mol. The van der Waals surface area contributed by atoms with Crippen molar-refractivity contribution in [1.82, 2.24) is 0 Å². The second kappa shape index (κ2) is 8.52. The SMILES string of the molecule is CCCCCCCCC(OC=O)S(=O)(=O)O. The molecule has 0 saturated heterocycles. The van der Waals surface area contributed by atoms with Gasteiger partial charge < -0.3 is 4.74 Å². The largest absolute Gasteiger partial charge is 0.446 e. The molecule has 0 spiro atoms. The Morgan fingerprint density at radius 1 is 1.19 bits per heavy atom. The van der Waals surface area contributed by atoms with Gasteiger partial charge >= 0.3 is 10.1 Å². The molecule has 0 fully saturated rings. The highest BCUT2D eigenvalue weighted by atomic mass is 32.2. The number of carbonyl (C=O) groups is 1. The molecule has 1 unspecified atom stereocenters. The highest BCUT2D eigenvalue weighted by Gasteiger charge is 2.23. The van der Waals surface area contributed by atoms with Crippen molar-refractivity contribution in [3.05, 3.63) is 0 Å². The molecule has 1 N–H and O–H groups in total. The van der Waals surface area contributed by atoms with E-state index in [1.807, 2.05) is 0 Å². The van der Waals surface area contributed by atoms with Crippen LogP contribution in [-0.4, -0.2) is 24.9 Å². The Morgan fingerprint density at radius 3 is 2.25 bits per heavy atom. The number of ether oxygens (including phenoxy) is 1. The lowest BCUT2D eigenvalue weighted by Crippen LogP contribution is -2.23. The molecule has 0 aromatic carbocycles. The maximum atomic E-state index is 10.8. The molecular weight excluding hydrogens is 232 g/mol. The van der Waals surface area contributed by atoms with Crippen LogP contribution in [0.1, 0.15) is 51.9 Å². The molecule has 6 heteroatoms. The van der Waals surface area contributed by atoms with Crippen LogP contribution in [0.3, 0.4) is 0 Å². The Morgan fingerprint density at radius 2 is 1.75 bits per heavy atom. The Balaban J connectivity index is 3.74. The van der Waals surface area contributed by atoms with Crippen LogP contribution in [-0.2, 0) is 19.6 Å². The maximum Gasteiger partial charge on any atom is 0.303 e. The number of unbranched alkanes of at least 4 members (excludes halogenated alkanes) is 5. The van der Waals surface area contributed by atoms with Crippen molar-refractivity contribution in [2.75, 3.05) is 0 Å². The number of rotatable bonds is 10. The molecule has 0 aliphatic rings. The van der Waals surface area contributed by atoms with Gasteiger partial charge in [0.1, 0.15) is 0 Å². The summed E-state index contributed by atoms with van der Waals surface area (Å²) in [7, 11) is -4.28. The standard InChI is InChI=1S/C10H20O5S/c1-2-3-4-5-6-7-8-10(15-9-11)16(12,13)14/h9-10H,2-8H2,1H3,(H,12,13,14). The van der Waals surface area contributed by atoms with Crippen LogP contribution < -0.4 is 0 Å². The first kappa shape index (κ1) is 15.4. The Labute approximate surface area is 96.9 Å². The van der Waals surface area contributed by atoms with Crippen LogP contribution in [0.25, 0.3) is 0 Å². The highest BCUT2D eigenvalue weighted by Crippen LogP contribution is 2.13. The molecule has 0 aromatic heterocycles. The van der Waals surface area contributed by atoms with Crippen molar-refractivity contribution in [2.45, 2.75) is 57.3 Å². The zero-order chi connectivity index (χ0) is 12.4. The van der Waals surface area contributed by atoms with Crippen molar-refractivity contribution in [3.8, 4) is 0 Å². The van der Waals surface area contributed by atoms with E-state index in [9.17, 15) is 13.2 Å². The van der Waals surface area contributed by atoms with E-state index < -0.39 is 15.6 Å². The Kier molecular flexibility index (Phi) is 8.19. The summed E-state index contributed by atoms with van der Waals surface area (Å²) in [5.74, 6) is 0. The van der Waals surface area contributed by atoms with Crippen LogP contribution in [0, 0.1) is 0 Å². The van der Waals surface area contributed by atoms with Crippen molar-refractivity contribution >= 4 is 16.6 Å². The van der Waals surface area contributed by atoms with Gasteiger partial charge in [-0.1, -0.05) is 39.0 Å². The Bertz CT molecular complexity index is 273. The lowest BCUT2D eigenvalue weighted by molar-refractivity contribution is -0.130. The molecule has 0 bridgehead atoms. The first-order chi connectivity index (χ1) is 7.52. The second-order valence-electron chi connectivity index (χ2n) is 3.73. The van der Waals surface area contributed by atoms with Gasteiger partial charge in [0.05, 0.1) is 0 Å². The molecule has 0 radical (unpaired) electrons. The zero-order valence-corrected chi connectivity index (χ0v) is 10.4. The summed E-state index contributed by atoms with van der Waals surface area (Å²) in [6.45, 7) is 2.17. The summed E-state index contributed by atoms with van der Waals surface area (Å²) in [6.07, 6.45) is 6.16. The van der Waals surface area contributed by atoms with Crippen LogP contribution in [0.4, 0.5) is 0 Å². The maximum absolute atomic E-state index is 10.8. The van der Waals surface area contributed by atoms with Gasteiger partial charge in [-0.15, -0.1) is 0 Å². The molecule has 5 nitrogen and oxygen atoms in total. The lowest BCUT2D eigenvalue weighted by Gasteiger charge is -2.11. The fourth-order valence-electron chi connectivity index (χ4n) is 1.44. The van der Waals surface area contributed by atoms with Gasteiger partial charge in [0.15, 0.2) is 0 Å². The molecule has 96 valence electrons. The van der Waals surface area contributed by atoms with Gasteiger partial charge in [0.25, 0.3) is 6.47 Å². The van der Waals surface area contributed by atoms with Crippen LogP contribution in [0.15, 0.2) is 0 Å². The van der Waals surface area contributed by atoms with Crippen LogP contribution >= 0.6 is 0 Å². The summed E-state index contributed by atoms with van der Waals surface area (Å²) < 4.78 is 34.6. The summed E-state index contributed by atoms with van der Waals surface area (Å²) >= 11 is 0.